The van der Waals surface area contributed by atoms with E-state index in [9.17, 15) is 8.42 Å². The van der Waals surface area contributed by atoms with Gasteiger partial charge < -0.3 is 10.1 Å². The number of nitrogens with one attached hydrogen (secondary N) is 1. The lowest BCUT2D eigenvalue weighted by Gasteiger charge is -2.21. The third-order valence-electron chi connectivity index (χ3n) is 3.75. The smallest absolute Gasteiger partial charge is 0.154 e. The van der Waals surface area contributed by atoms with Gasteiger partial charge in [-0.05, 0) is 44.0 Å². The minimum absolute atomic E-state index is 0.133. The number of hydrogen-bond acceptors (Lipinski definition) is 4. The maximum atomic E-state index is 12.4. The zero-order valence-corrected chi connectivity index (χ0v) is 14.2. The Balaban J connectivity index is 2.94. The van der Waals surface area contributed by atoms with Crippen molar-refractivity contribution in [2.75, 3.05) is 19.4 Å². The fraction of sp³-hybridized carbons (Fsp3) is 0.625. The average Bonchev–Trinajstić information content (AvgIpc) is 2.50. The minimum atomic E-state index is -3.10. The predicted octanol–water partition coefficient (Wildman–Crippen LogP) is 2.95. The fourth-order valence-electron chi connectivity index (χ4n) is 2.08. The van der Waals surface area contributed by atoms with Crippen molar-refractivity contribution in [3.63, 3.8) is 0 Å². The molecule has 4 nitrogen and oxygen atoms in total. The molecule has 1 aromatic rings. The summed E-state index contributed by atoms with van der Waals surface area (Å²) in [5, 5.41) is 3.03. The van der Waals surface area contributed by atoms with Gasteiger partial charge in [-0.1, -0.05) is 26.0 Å². The maximum Gasteiger partial charge on any atom is 0.154 e. The summed E-state index contributed by atoms with van der Waals surface area (Å²) in [5.41, 5.74) is 0.983. The number of methoxy groups -OCH3 is 1. The zero-order chi connectivity index (χ0) is 15.9. The first-order chi connectivity index (χ1) is 9.94. The van der Waals surface area contributed by atoms with Crippen LogP contribution in [0.5, 0.6) is 5.75 Å². The molecule has 0 bridgehead atoms. The SMILES string of the molecule is CCCNC(CS(=O)(=O)C(C)CC)c1ccc(OC)cc1. The van der Waals surface area contributed by atoms with E-state index in [0.717, 1.165) is 24.3 Å². The van der Waals surface area contributed by atoms with Crippen LogP contribution in [-0.4, -0.2) is 33.1 Å². The van der Waals surface area contributed by atoms with Crippen LogP contribution in [0.1, 0.15) is 45.2 Å². The van der Waals surface area contributed by atoms with Crippen LogP contribution in [0.2, 0.25) is 0 Å². The molecule has 1 aromatic carbocycles. The first-order valence-corrected chi connectivity index (χ1v) is 9.25. The predicted molar refractivity (Wildman–Crippen MR) is 87.6 cm³/mol. The summed E-state index contributed by atoms with van der Waals surface area (Å²) >= 11 is 0. The highest BCUT2D eigenvalue weighted by Gasteiger charge is 2.24. The topological polar surface area (TPSA) is 55.4 Å². The molecule has 0 saturated carbocycles. The summed E-state index contributed by atoms with van der Waals surface area (Å²) in [5.74, 6) is 0.909. The van der Waals surface area contributed by atoms with Gasteiger partial charge >= 0.3 is 0 Å². The van der Waals surface area contributed by atoms with Crippen molar-refractivity contribution in [3.05, 3.63) is 29.8 Å². The van der Waals surface area contributed by atoms with Crippen molar-refractivity contribution in [3.8, 4) is 5.75 Å². The normalized spacial score (nSPS) is 14.7. The summed E-state index contributed by atoms with van der Waals surface area (Å²) in [6.45, 7) is 6.55. The van der Waals surface area contributed by atoms with Gasteiger partial charge in [0.05, 0.1) is 18.1 Å². The van der Waals surface area contributed by atoms with Crippen LogP contribution < -0.4 is 10.1 Å². The highest BCUT2D eigenvalue weighted by molar-refractivity contribution is 7.92. The Labute approximate surface area is 128 Å². The molecule has 2 atom stereocenters. The van der Waals surface area contributed by atoms with Gasteiger partial charge in [0, 0.05) is 6.04 Å². The monoisotopic (exact) mass is 313 g/mol. The largest absolute Gasteiger partial charge is 0.497 e. The number of rotatable bonds is 9. The lowest BCUT2D eigenvalue weighted by molar-refractivity contribution is 0.414. The van der Waals surface area contributed by atoms with E-state index in [2.05, 4.69) is 12.2 Å². The molecule has 0 aliphatic rings. The van der Waals surface area contributed by atoms with E-state index in [-0.39, 0.29) is 17.0 Å². The first kappa shape index (κ1) is 18.0. The Morgan fingerprint density at radius 1 is 1.19 bits per heavy atom. The summed E-state index contributed by atoms with van der Waals surface area (Å²) in [4.78, 5) is 0. The highest BCUT2D eigenvalue weighted by Crippen LogP contribution is 2.21. The Kier molecular flexibility index (Phi) is 7.18. The van der Waals surface area contributed by atoms with Crippen molar-refractivity contribution < 1.29 is 13.2 Å². The Morgan fingerprint density at radius 3 is 2.29 bits per heavy atom. The van der Waals surface area contributed by atoms with Crippen LogP contribution in [0.3, 0.4) is 0 Å². The fourth-order valence-corrected chi connectivity index (χ4v) is 3.69. The molecule has 0 amide bonds. The molecule has 0 spiro atoms. The summed E-state index contributed by atoms with van der Waals surface area (Å²) in [6, 6.07) is 7.42. The molecule has 0 fully saturated rings. The number of ether oxygens (including phenoxy) is 1. The molecule has 120 valence electrons. The molecule has 0 radical (unpaired) electrons. The molecule has 0 aliphatic carbocycles. The lowest BCUT2D eigenvalue weighted by atomic mass is 10.1. The molecule has 5 heteroatoms. The maximum absolute atomic E-state index is 12.4. The van der Waals surface area contributed by atoms with Crippen LogP contribution in [0, 0.1) is 0 Å². The Hall–Kier alpha value is -1.07. The second-order valence-electron chi connectivity index (χ2n) is 5.33. The van der Waals surface area contributed by atoms with Gasteiger partial charge in [-0.2, -0.15) is 0 Å². The van der Waals surface area contributed by atoms with Crippen molar-refractivity contribution in [2.45, 2.75) is 44.9 Å². The molecule has 0 aliphatic heterocycles. The molecular weight excluding hydrogens is 286 g/mol. The molecule has 0 heterocycles. The Morgan fingerprint density at radius 2 is 1.81 bits per heavy atom. The van der Waals surface area contributed by atoms with Crippen LogP contribution in [-0.2, 0) is 9.84 Å². The quantitative estimate of drug-likeness (QED) is 0.761. The standard InChI is InChI=1S/C16H27NO3S/c1-5-11-17-16(12-21(18,19)13(3)6-2)14-7-9-15(20-4)10-8-14/h7-10,13,16-17H,5-6,11-12H2,1-4H3. The van der Waals surface area contributed by atoms with Crippen molar-refractivity contribution in [2.24, 2.45) is 0 Å². The average molecular weight is 313 g/mol. The van der Waals surface area contributed by atoms with Gasteiger partial charge in [-0.15, -0.1) is 0 Å². The second-order valence-corrected chi connectivity index (χ2v) is 7.79. The van der Waals surface area contributed by atoms with E-state index in [1.165, 1.54) is 0 Å². The van der Waals surface area contributed by atoms with Crippen LogP contribution >= 0.6 is 0 Å². The van der Waals surface area contributed by atoms with Gasteiger partial charge in [0.2, 0.25) is 0 Å². The molecule has 0 saturated heterocycles. The van der Waals surface area contributed by atoms with E-state index in [0.29, 0.717) is 6.42 Å². The van der Waals surface area contributed by atoms with Crippen molar-refractivity contribution in [1.29, 1.82) is 0 Å². The molecule has 0 aromatic heterocycles. The van der Waals surface area contributed by atoms with E-state index < -0.39 is 9.84 Å². The van der Waals surface area contributed by atoms with E-state index >= 15 is 0 Å². The number of sulfone groups is 1. The minimum Gasteiger partial charge on any atom is -0.497 e. The van der Waals surface area contributed by atoms with Gasteiger partial charge in [-0.25, -0.2) is 8.42 Å². The number of benzene rings is 1. The highest BCUT2D eigenvalue weighted by atomic mass is 32.2. The molecule has 21 heavy (non-hydrogen) atoms. The first-order valence-electron chi connectivity index (χ1n) is 7.53. The third-order valence-corrected chi connectivity index (χ3v) is 6.10. The second kappa shape index (κ2) is 8.39. The summed E-state index contributed by atoms with van der Waals surface area (Å²) in [6.07, 6.45) is 1.61. The van der Waals surface area contributed by atoms with Crippen LogP contribution in [0.4, 0.5) is 0 Å². The number of hydrogen-bond donors (Lipinski definition) is 1. The van der Waals surface area contributed by atoms with Crippen LogP contribution in [0.25, 0.3) is 0 Å². The molecule has 1 N–H and O–H groups in total. The van der Waals surface area contributed by atoms with Gasteiger partial charge in [-0.3, -0.25) is 0 Å². The third kappa shape index (κ3) is 5.32. The summed E-state index contributed by atoms with van der Waals surface area (Å²) < 4.78 is 29.9. The zero-order valence-electron chi connectivity index (χ0n) is 13.4. The van der Waals surface area contributed by atoms with Gasteiger partial charge in [0.1, 0.15) is 5.75 Å². The molecule has 1 rings (SSSR count). The Bertz CT molecular complexity index is 511. The molecular formula is C16H27NO3S. The lowest BCUT2D eigenvalue weighted by Crippen LogP contribution is -2.32. The summed E-state index contributed by atoms with van der Waals surface area (Å²) in [7, 11) is -1.48. The molecule has 2 unspecified atom stereocenters. The van der Waals surface area contributed by atoms with Crippen LogP contribution in [0.15, 0.2) is 24.3 Å². The van der Waals surface area contributed by atoms with E-state index in [1.807, 2.05) is 31.2 Å². The van der Waals surface area contributed by atoms with E-state index in [1.54, 1.807) is 14.0 Å². The van der Waals surface area contributed by atoms with Gasteiger partial charge in [0.25, 0.3) is 0 Å². The van der Waals surface area contributed by atoms with E-state index in [4.69, 9.17) is 4.74 Å². The van der Waals surface area contributed by atoms with Crippen molar-refractivity contribution >= 4 is 9.84 Å². The van der Waals surface area contributed by atoms with Crippen molar-refractivity contribution in [1.82, 2.24) is 5.32 Å². The van der Waals surface area contributed by atoms with Gasteiger partial charge in [0.15, 0.2) is 9.84 Å².